The number of aromatic nitrogens is 1. The molecule has 0 radical (unpaired) electrons. The van der Waals surface area contributed by atoms with Crippen LogP contribution in [0.2, 0.25) is 0 Å². The predicted molar refractivity (Wildman–Crippen MR) is 106 cm³/mol. The van der Waals surface area contributed by atoms with Crippen LogP contribution in [0.3, 0.4) is 0 Å². The van der Waals surface area contributed by atoms with Gasteiger partial charge in [-0.3, -0.25) is 14.6 Å². The van der Waals surface area contributed by atoms with Crippen molar-refractivity contribution in [3.05, 3.63) is 42.2 Å². The fourth-order valence-corrected chi connectivity index (χ4v) is 4.25. The third-order valence-electron chi connectivity index (χ3n) is 6.39. The zero-order valence-electron chi connectivity index (χ0n) is 16.8. The SMILES string of the molecule is C=C(C)C(C)(C)C(=O)N1CCC[C@@]2(CCC(=O)N(Cc3cccnc3)C2)C1. The normalized spacial score (nSPS) is 23.6. The predicted octanol–water partition coefficient (Wildman–Crippen LogP) is 3.42. The summed E-state index contributed by atoms with van der Waals surface area (Å²) in [5, 5.41) is 0. The summed E-state index contributed by atoms with van der Waals surface area (Å²) in [7, 11) is 0. The van der Waals surface area contributed by atoms with Crippen molar-refractivity contribution in [3.8, 4) is 0 Å². The van der Waals surface area contributed by atoms with Crippen molar-refractivity contribution >= 4 is 11.8 Å². The first kappa shape index (κ1) is 19.6. The maximum absolute atomic E-state index is 13.1. The minimum absolute atomic E-state index is 0.00911. The monoisotopic (exact) mass is 369 g/mol. The van der Waals surface area contributed by atoms with Crippen LogP contribution < -0.4 is 0 Å². The molecule has 2 amide bonds. The second-order valence-electron chi connectivity index (χ2n) is 8.85. The lowest BCUT2D eigenvalue weighted by atomic mass is 9.72. The molecule has 0 saturated carbocycles. The Hall–Kier alpha value is -2.17. The lowest BCUT2D eigenvalue weighted by Gasteiger charge is -2.49. The molecule has 5 heteroatoms. The van der Waals surface area contributed by atoms with Gasteiger partial charge in [-0.05, 0) is 51.7 Å². The smallest absolute Gasteiger partial charge is 0.232 e. The van der Waals surface area contributed by atoms with E-state index < -0.39 is 5.41 Å². The Balaban J connectivity index is 1.74. The van der Waals surface area contributed by atoms with Crippen LogP contribution in [0.5, 0.6) is 0 Å². The van der Waals surface area contributed by atoms with Gasteiger partial charge in [0, 0.05) is 50.4 Å². The van der Waals surface area contributed by atoms with Crippen molar-refractivity contribution in [2.24, 2.45) is 10.8 Å². The van der Waals surface area contributed by atoms with Crippen LogP contribution in [0.15, 0.2) is 36.7 Å². The fraction of sp³-hybridized carbons (Fsp3) is 0.591. The Bertz CT molecular complexity index is 728. The second kappa shape index (κ2) is 7.45. The number of hydrogen-bond donors (Lipinski definition) is 0. The highest BCUT2D eigenvalue weighted by atomic mass is 16.2. The van der Waals surface area contributed by atoms with Crippen LogP contribution >= 0.6 is 0 Å². The van der Waals surface area contributed by atoms with Crippen molar-refractivity contribution in [1.29, 1.82) is 0 Å². The molecule has 3 heterocycles. The summed E-state index contributed by atoms with van der Waals surface area (Å²) < 4.78 is 0. The van der Waals surface area contributed by atoms with Crippen molar-refractivity contribution in [3.63, 3.8) is 0 Å². The van der Waals surface area contributed by atoms with Gasteiger partial charge < -0.3 is 9.80 Å². The molecule has 0 aliphatic carbocycles. The number of amides is 2. The Labute approximate surface area is 162 Å². The van der Waals surface area contributed by atoms with Crippen LogP contribution in [0.4, 0.5) is 0 Å². The average Bonchev–Trinajstić information content (AvgIpc) is 2.65. The highest BCUT2D eigenvalue weighted by Gasteiger charge is 2.44. The number of carbonyl (C=O) groups excluding carboxylic acids is 2. The van der Waals surface area contributed by atoms with E-state index in [1.54, 1.807) is 6.20 Å². The summed E-state index contributed by atoms with van der Waals surface area (Å²) in [6.07, 6.45) is 7.06. The van der Waals surface area contributed by atoms with E-state index in [0.717, 1.165) is 50.0 Å². The molecule has 2 aliphatic heterocycles. The Kier molecular flexibility index (Phi) is 5.41. The summed E-state index contributed by atoms with van der Waals surface area (Å²) in [6.45, 7) is 12.7. The molecule has 2 aliphatic rings. The van der Waals surface area contributed by atoms with Crippen LogP contribution in [0.1, 0.15) is 52.0 Å². The minimum atomic E-state index is -0.543. The molecule has 0 N–H and O–H groups in total. The number of rotatable bonds is 4. The molecule has 0 unspecified atom stereocenters. The van der Waals surface area contributed by atoms with Gasteiger partial charge in [-0.25, -0.2) is 0 Å². The molecule has 2 fully saturated rings. The Morgan fingerprint density at radius 3 is 2.78 bits per heavy atom. The van der Waals surface area contributed by atoms with Crippen molar-refractivity contribution in [1.82, 2.24) is 14.8 Å². The summed E-state index contributed by atoms with van der Waals surface area (Å²) >= 11 is 0. The molecule has 2 saturated heterocycles. The maximum Gasteiger partial charge on any atom is 0.232 e. The topological polar surface area (TPSA) is 53.5 Å². The van der Waals surface area contributed by atoms with Crippen molar-refractivity contribution in [2.45, 2.75) is 53.0 Å². The molecule has 5 nitrogen and oxygen atoms in total. The molecule has 27 heavy (non-hydrogen) atoms. The summed E-state index contributed by atoms with van der Waals surface area (Å²) in [5.41, 5.74) is 1.41. The van der Waals surface area contributed by atoms with Crippen LogP contribution in [-0.4, -0.2) is 46.2 Å². The second-order valence-corrected chi connectivity index (χ2v) is 8.85. The quantitative estimate of drug-likeness (QED) is 0.764. The third kappa shape index (κ3) is 4.07. The number of nitrogens with zero attached hydrogens (tertiary/aromatic N) is 3. The highest BCUT2D eigenvalue weighted by molar-refractivity contribution is 5.85. The molecule has 1 atom stereocenters. The lowest BCUT2D eigenvalue weighted by Crippen LogP contribution is -2.56. The van der Waals surface area contributed by atoms with E-state index in [1.807, 2.05) is 48.9 Å². The van der Waals surface area contributed by atoms with Gasteiger partial charge in [0.15, 0.2) is 0 Å². The number of piperidine rings is 2. The molecule has 0 bridgehead atoms. The summed E-state index contributed by atoms with van der Waals surface area (Å²) in [6, 6.07) is 3.91. The minimum Gasteiger partial charge on any atom is -0.341 e. The van der Waals surface area contributed by atoms with Gasteiger partial charge in [0.1, 0.15) is 0 Å². The van der Waals surface area contributed by atoms with E-state index in [0.29, 0.717) is 13.0 Å². The van der Waals surface area contributed by atoms with E-state index in [2.05, 4.69) is 11.6 Å². The Morgan fingerprint density at radius 2 is 2.11 bits per heavy atom. The molecule has 1 aromatic heterocycles. The van der Waals surface area contributed by atoms with Crippen molar-refractivity contribution in [2.75, 3.05) is 19.6 Å². The molecule has 146 valence electrons. The first-order valence-electron chi connectivity index (χ1n) is 9.86. The van der Waals surface area contributed by atoms with Gasteiger partial charge in [0.25, 0.3) is 0 Å². The first-order valence-corrected chi connectivity index (χ1v) is 9.86. The standard InChI is InChI=1S/C22H31N3O2/c1-17(2)21(3,4)20(27)24-12-6-9-22(15-24)10-8-19(26)25(16-22)14-18-7-5-11-23-13-18/h5,7,11,13H,1,6,8-10,12,14-16H2,2-4H3/t22-/m1/s1. The van der Waals surface area contributed by atoms with Gasteiger partial charge in [0.2, 0.25) is 11.8 Å². The number of pyridine rings is 1. The largest absolute Gasteiger partial charge is 0.341 e. The van der Waals surface area contributed by atoms with Gasteiger partial charge in [0.05, 0.1) is 5.41 Å². The van der Waals surface area contributed by atoms with E-state index in [4.69, 9.17) is 0 Å². The number of carbonyl (C=O) groups is 2. The summed E-state index contributed by atoms with van der Waals surface area (Å²) in [4.78, 5) is 33.7. The van der Waals surface area contributed by atoms with Crippen molar-refractivity contribution < 1.29 is 9.59 Å². The Morgan fingerprint density at radius 1 is 1.33 bits per heavy atom. The molecule has 1 aromatic rings. The zero-order valence-corrected chi connectivity index (χ0v) is 16.8. The van der Waals surface area contributed by atoms with Gasteiger partial charge in [-0.2, -0.15) is 0 Å². The molecule has 1 spiro atoms. The first-order chi connectivity index (χ1) is 12.7. The lowest BCUT2D eigenvalue weighted by molar-refractivity contribution is -0.147. The van der Waals surface area contributed by atoms with E-state index in [9.17, 15) is 9.59 Å². The van der Waals surface area contributed by atoms with E-state index >= 15 is 0 Å². The summed E-state index contributed by atoms with van der Waals surface area (Å²) in [5.74, 6) is 0.361. The third-order valence-corrected chi connectivity index (χ3v) is 6.39. The molecule has 0 aromatic carbocycles. The van der Waals surface area contributed by atoms with Crippen LogP contribution in [0, 0.1) is 10.8 Å². The van der Waals surface area contributed by atoms with Crippen LogP contribution in [-0.2, 0) is 16.1 Å². The van der Waals surface area contributed by atoms with E-state index in [1.165, 1.54) is 0 Å². The number of hydrogen-bond acceptors (Lipinski definition) is 3. The molecule has 3 rings (SSSR count). The average molecular weight is 370 g/mol. The maximum atomic E-state index is 13.1. The van der Waals surface area contributed by atoms with Gasteiger partial charge in [-0.15, -0.1) is 0 Å². The fourth-order valence-electron chi connectivity index (χ4n) is 4.25. The molecular formula is C22H31N3O2. The van der Waals surface area contributed by atoms with Crippen LogP contribution in [0.25, 0.3) is 0 Å². The van der Waals surface area contributed by atoms with Gasteiger partial charge in [-0.1, -0.05) is 18.2 Å². The van der Waals surface area contributed by atoms with E-state index in [-0.39, 0.29) is 17.2 Å². The molecular weight excluding hydrogens is 338 g/mol. The highest BCUT2D eigenvalue weighted by Crippen LogP contribution is 2.41. The number of likely N-dealkylation sites (tertiary alicyclic amines) is 2. The van der Waals surface area contributed by atoms with Gasteiger partial charge >= 0.3 is 0 Å². The zero-order chi connectivity index (χ0) is 19.7.